The molecule has 1 aromatic carbocycles. The van der Waals surface area contributed by atoms with Crippen LogP contribution in [-0.4, -0.2) is 14.2 Å². The van der Waals surface area contributed by atoms with E-state index in [1.165, 1.54) is 10.4 Å². The molecule has 0 fully saturated rings. The summed E-state index contributed by atoms with van der Waals surface area (Å²) in [5.74, 6) is 1.31. The molecule has 108 valence electrons. The molecule has 0 aliphatic rings. The Morgan fingerprint density at radius 2 is 1.90 bits per heavy atom. The predicted molar refractivity (Wildman–Crippen MR) is 85.0 cm³/mol. The van der Waals surface area contributed by atoms with Gasteiger partial charge in [0, 0.05) is 23.6 Å². The lowest BCUT2D eigenvalue weighted by Crippen LogP contribution is -2.04. The van der Waals surface area contributed by atoms with Crippen molar-refractivity contribution in [3.8, 4) is 11.5 Å². The third kappa shape index (κ3) is 2.99. The van der Waals surface area contributed by atoms with Crippen molar-refractivity contribution in [2.75, 3.05) is 25.3 Å². The Labute approximate surface area is 123 Å². The van der Waals surface area contributed by atoms with Gasteiger partial charge in [-0.15, -0.1) is 11.3 Å². The van der Waals surface area contributed by atoms with Crippen molar-refractivity contribution in [1.29, 1.82) is 0 Å². The highest BCUT2D eigenvalue weighted by molar-refractivity contribution is 7.10. The summed E-state index contributed by atoms with van der Waals surface area (Å²) >= 11 is 1.76. The van der Waals surface area contributed by atoms with Crippen LogP contribution in [0.5, 0.6) is 11.5 Å². The van der Waals surface area contributed by atoms with E-state index in [1.807, 2.05) is 6.07 Å². The topological polar surface area (TPSA) is 56.5 Å². The van der Waals surface area contributed by atoms with Gasteiger partial charge in [-0.2, -0.15) is 0 Å². The Kier molecular flexibility index (Phi) is 4.74. The van der Waals surface area contributed by atoms with Gasteiger partial charge in [0.2, 0.25) is 0 Å². The van der Waals surface area contributed by atoms with Gasteiger partial charge in [-0.1, -0.05) is 6.92 Å². The number of ether oxygens (including phenoxy) is 2. The average Bonchev–Trinajstić information content (AvgIpc) is 2.93. The number of benzene rings is 1. The van der Waals surface area contributed by atoms with E-state index in [-0.39, 0.29) is 0 Å². The number of hydrogen-bond donors (Lipinski definition) is 2. The highest BCUT2D eigenvalue weighted by Crippen LogP contribution is 2.35. The van der Waals surface area contributed by atoms with Crippen LogP contribution >= 0.6 is 11.3 Å². The molecule has 0 saturated heterocycles. The normalized spacial score (nSPS) is 10.3. The third-order valence-electron chi connectivity index (χ3n) is 3.21. The lowest BCUT2D eigenvalue weighted by molar-refractivity contribution is 0.355. The first-order valence-corrected chi connectivity index (χ1v) is 7.38. The Hall–Kier alpha value is -1.88. The molecule has 3 N–H and O–H groups in total. The fourth-order valence-corrected chi connectivity index (χ4v) is 2.98. The smallest absolute Gasteiger partial charge is 0.162 e. The summed E-state index contributed by atoms with van der Waals surface area (Å²) in [6.45, 7) is 2.93. The van der Waals surface area contributed by atoms with Crippen molar-refractivity contribution in [3.05, 3.63) is 34.0 Å². The van der Waals surface area contributed by atoms with E-state index in [1.54, 1.807) is 31.6 Å². The molecular formula is C15H20N2O2S. The van der Waals surface area contributed by atoms with Crippen LogP contribution in [0.15, 0.2) is 23.6 Å². The average molecular weight is 292 g/mol. The molecular weight excluding hydrogens is 272 g/mol. The molecule has 0 aliphatic heterocycles. The van der Waals surface area contributed by atoms with Crippen LogP contribution in [0.2, 0.25) is 0 Å². The monoisotopic (exact) mass is 292 g/mol. The van der Waals surface area contributed by atoms with Crippen LogP contribution in [0.1, 0.15) is 17.4 Å². The molecule has 0 amide bonds. The molecule has 0 unspecified atom stereocenters. The van der Waals surface area contributed by atoms with Gasteiger partial charge in [0.25, 0.3) is 0 Å². The molecule has 0 saturated carbocycles. The summed E-state index contributed by atoms with van der Waals surface area (Å²) in [7, 11) is 3.22. The van der Waals surface area contributed by atoms with Gasteiger partial charge in [0.05, 0.1) is 25.6 Å². The molecule has 20 heavy (non-hydrogen) atoms. The Balaban J connectivity index is 2.17. The maximum Gasteiger partial charge on any atom is 0.162 e. The minimum absolute atomic E-state index is 0.640. The number of methoxy groups -OCH3 is 2. The molecule has 0 spiro atoms. The highest BCUT2D eigenvalue weighted by atomic mass is 32.1. The molecule has 0 atom stereocenters. The van der Waals surface area contributed by atoms with Gasteiger partial charge in [-0.25, -0.2) is 0 Å². The van der Waals surface area contributed by atoms with Crippen molar-refractivity contribution < 1.29 is 9.47 Å². The standard InChI is InChI=1S/C15H20N2O2S/c1-4-10-5-6-20-15(10)9-17-12-8-14(19-3)13(18-2)7-11(12)16/h5-8,17H,4,9,16H2,1-3H3. The molecule has 0 radical (unpaired) electrons. The fourth-order valence-electron chi connectivity index (χ4n) is 2.06. The summed E-state index contributed by atoms with van der Waals surface area (Å²) in [5.41, 5.74) is 8.92. The van der Waals surface area contributed by atoms with Crippen LogP contribution in [0.4, 0.5) is 11.4 Å². The number of hydrogen-bond acceptors (Lipinski definition) is 5. The van der Waals surface area contributed by atoms with Crippen LogP contribution in [-0.2, 0) is 13.0 Å². The van der Waals surface area contributed by atoms with E-state index < -0.39 is 0 Å². The summed E-state index contributed by atoms with van der Waals surface area (Å²) in [6, 6.07) is 5.81. The number of nitrogen functional groups attached to an aromatic ring is 1. The van der Waals surface area contributed by atoms with Crippen LogP contribution in [0.3, 0.4) is 0 Å². The molecule has 0 aliphatic carbocycles. The van der Waals surface area contributed by atoms with Gasteiger partial charge in [-0.05, 0) is 23.4 Å². The molecule has 0 bridgehead atoms. The van der Waals surface area contributed by atoms with Gasteiger partial charge >= 0.3 is 0 Å². The van der Waals surface area contributed by atoms with E-state index in [0.29, 0.717) is 17.2 Å². The zero-order valence-corrected chi connectivity index (χ0v) is 12.8. The quantitative estimate of drug-likeness (QED) is 0.800. The maximum atomic E-state index is 6.04. The molecule has 5 heteroatoms. The van der Waals surface area contributed by atoms with E-state index in [0.717, 1.165) is 18.7 Å². The van der Waals surface area contributed by atoms with Crippen LogP contribution < -0.4 is 20.5 Å². The van der Waals surface area contributed by atoms with Crippen molar-refractivity contribution in [2.24, 2.45) is 0 Å². The molecule has 1 aromatic heterocycles. The molecule has 1 heterocycles. The lowest BCUT2D eigenvalue weighted by atomic mass is 10.2. The van der Waals surface area contributed by atoms with Crippen molar-refractivity contribution in [3.63, 3.8) is 0 Å². The number of thiophene rings is 1. The van der Waals surface area contributed by atoms with Crippen molar-refractivity contribution >= 4 is 22.7 Å². The van der Waals surface area contributed by atoms with E-state index in [4.69, 9.17) is 15.2 Å². The first kappa shape index (κ1) is 14.5. The van der Waals surface area contributed by atoms with Crippen molar-refractivity contribution in [1.82, 2.24) is 0 Å². The lowest BCUT2D eigenvalue weighted by Gasteiger charge is -2.14. The van der Waals surface area contributed by atoms with Gasteiger partial charge in [0.1, 0.15) is 0 Å². The minimum atomic E-state index is 0.640. The van der Waals surface area contributed by atoms with Gasteiger partial charge < -0.3 is 20.5 Å². The zero-order valence-electron chi connectivity index (χ0n) is 12.0. The number of nitrogens with two attached hydrogens (primary N) is 1. The largest absolute Gasteiger partial charge is 0.493 e. The minimum Gasteiger partial charge on any atom is -0.493 e. The molecule has 2 rings (SSSR count). The highest BCUT2D eigenvalue weighted by Gasteiger charge is 2.10. The van der Waals surface area contributed by atoms with E-state index in [2.05, 4.69) is 23.7 Å². The second-order valence-corrected chi connectivity index (χ2v) is 5.37. The second-order valence-electron chi connectivity index (χ2n) is 4.37. The number of aryl methyl sites for hydroxylation is 1. The van der Waals surface area contributed by atoms with Crippen LogP contribution in [0.25, 0.3) is 0 Å². The van der Waals surface area contributed by atoms with Crippen molar-refractivity contribution in [2.45, 2.75) is 19.9 Å². The molecule has 4 nitrogen and oxygen atoms in total. The summed E-state index contributed by atoms with van der Waals surface area (Å²) in [5, 5.41) is 5.48. The number of nitrogens with one attached hydrogen (secondary N) is 1. The fraction of sp³-hybridized carbons (Fsp3) is 0.333. The first-order valence-electron chi connectivity index (χ1n) is 6.50. The van der Waals surface area contributed by atoms with E-state index >= 15 is 0 Å². The Morgan fingerprint density at radius 1 is 1.20 bits per heavy atom. The number of rotatable bonds is 6. The molecule has 2 aromatic rings. The SMILES string of the molecule is CCc1ccsc1CNc1cc(OC)c(OC)cc1N. The summed E-state index contributed by atoms with van der Waals surface area (Å²) in [4.78, 5) is 1.33. The predicted octanol–water partition coefficient (Wildman–Crippen LogP) is 3.52. The van der Waals surface area contributed by atoms with E-state index in [9.17, 15) is 0 Å². The Bertz CT molecular complexity index is 581. The first-order chi connectivity index (χ1) is 9.69. The van der Waals surface area contributed by atoms with Gasteiger partial charge in [-0.3, -0.25) is 0 Å². The zero-order chi connectivity index (χ0) is 14.5. The van der Waals surface area contributed by atoms with Gasteiger partial charge in [0.15, 0.2) is 11.5 Å². The maximum absolute atomic E-state index is 6.04. The summed E-state index contributed by atoms with van der Waals surface area (Å²) in [6.07, 6.45) is 1.04. The second kappa shape index (κ2) is 6.52. The number of anilines is 2. The van der Waals surface area contributed by atoms with Crippen LogP contribution in [0, 0.1) is 0 Å². The summed E-state index contributed by atoms with van der Waals surface area (Å²) < 4.78 is 10.5. The Morgan fingerprint density at radius 3 is 2.55 bits per heavy atom. The third-order valence-corrected chi connectivity index (χ3v) is 4.18.